The summed E-state index contributed by atoms with van der Waals surface area (Å²) in [5.41, 5.74) is 2.96. The van der Waals surface area contributed by atoms with Crippen LogP contribution in [0.2, 0.25) is 0 Å². The molecule has 0 bridgehead atoms. The molecule has 36 heavy (non-hydrogen) atoms. The Morgan fingerprint density at radius 1 is 0.944 bits per heavy atom. The number of esters is 1. The van der Waals surface area contributed by atoms with E-state index in [-0.39, 0.29) is 25.2 Å². The van der Waals surface area contributed by atoms with E-state index in [1.165, 1.54) is 0 Å². The monoisotopic (exact) mass is 489 g/mol. The molecule has 2 N–H and O–H groups in total. The van der Waals surface area contributed by atoms with E-state index < -0.39 is 17.9 Å². The number of nitrogens with zero attached hydrogens (tertiary/aromatic N) is 1. The van der Waals surface area contributed by atoms with Crippen LogP contribution >= 0.6 is 0 Å². The maximum Gasteiger partial charge on any atom is 0.333 e. The Labute approximate surface area is 210 Å². The fourth-order valence-corrected chi connectivity index (χ4v) is 4.41. The summed E-state index contributed by atoms with van der Waals surface area (Å²) < 4.78 is 12.6. The molecule has 1 aromatic heterocycles. The average molecular weight is 490 g/mol. The maximum atomic E-state index is 13.4. The van der Waals surface area contributed by atoms with Crippen molar-refractivity contribution in [2.45, 2.75) is 45.5 Å². The van der Waals surface area contributed by atoms with Crippen LogP contribution in [0.4, 0.5) is 0 Å². The van der Waals surface area contributed by atoms with Crippen molar-refractivity contribution in [3.8, 4) is 0 Å². The van der Waals surface area contributed by atoms with Gasteiger partial charge in [-0.1, -0.05) is 67.6 Å². The Kier molecular flexibility index (Phi) is 8.17. The number of carbonyl (C=O) groups is 3. The van der Waals surface area contributed by atoms with Crippen LogP contribution in [0, 0.1) is 0 Å². The number of hydrogen-bond donors (Lipinski definition) is 2. The summed E-state index contributed by atoms with van der Waals surface area (Å²) in [6.07, 6.45) is 0.716. The summed E-state index contributed by atoms with van der Waals surface area (Å²) in [6.45, 7) is 4.99. The summed E-state index contributed by atoms with van der Waals surface area (Å²) >= 11 is 0. The number of amides is 2. The number of ether oxygens (including phenoxy) is 2. The number of rotatable bonds is 9. The van der Waals surface area contributed by atoms with Gasteiger partial charge in [-0.2, -0.15) is 0 Å². The molecule has 1 aliphatic heterocycles. The number of aromatic nitrogens is 1. The molecular formula is C28H31N3O5. The molecule has 0 aliphatic carbocycles. The molecule has 2 aromatic carbocycles. The molecule has 0 radical (unpaired) electrons. The van der Waals surface area contributed by atoms with E-state index in [2.05, 4.69) is 10.6 Å². The fourth-order valence-electron chi connectivity index (χ4n) is 4.41. The third-order valence-corrected chi connectivity index (χ3v) is 6.23. The van der Waals surface area contributed by atoms with E-state index in [0.717, 1.165) is 5.56 Å². The molecule has 0 spiro atoms. The van der Waals surface area contributed by atoms with Crippen LogP contribution in [0.25, 0.3) is 0 Å². The van der Waals surface area contributed by atoms with Gasteiger partial charge in [0.25, 0.3) is 11.8 Å². The molecule has 3 aromatic rings. The molecule has 8 heteroatoms. The van der Waals surface area contributed by atoms with Gasteiger partial charge in [-0.15, -0.1) is 0 Å². The van der Waals surface area contributed by atoms with Gasteiger partial charge in [0.2, 0.25) is 0 Å². The number of hydrogen-bond acceptors (Lipinski definition) is 5. The molecular weight excluding hydrogens is 458 g/mol. The molecule has 4 rings (SSSR count). The van der Waals surface area contributed by atoms with Crippen molar-refractivity contribution in [1.29, 1.82) is 0 Å². The van der Waals surface area contributed by atoms with Crippen molar-refractivity contribution in [1.82, 2.24) is 15.2 Å². The normalized spacial score (nSPS) is 14.3. The third kappa shape index (κ3) is 5.49. The van der Waals surface area contributed by atoms with Gasteiger partial charge in [0.05, 0.1) is 37.1 Å². The second kappa shape index (κ2) is 11.7. The van der Waals surface area contributed by atoms with Gasteiger partial charge in [-0.05, 0) is 30.5 Å². The second-order valence-corrected chi connectivity index (χ2v) is 8.51. The number of benzene rings is 2. The highest BCUT2D eigenvalue weighted by atomic mass is 16.5. The lowest BCUT2D eigenvalue weighted by Gasteiger charge is -2.21. The van der Waals surface area contributed by atoms with Crippen molar-refractivity contribution < 1.29 is 23.9 Å². The van der Waals surface area contributed by atoms with E-state index in [1.54, 1.807) is 41.8 Å². The van der Waals surface area contributed by atoms with Gasteiger partial charge in [-0.3, -0.25) is 9.59 Å². The predicted molar refractivity (Wildman–Crippen MR) is 134 cm³/mol. The SMILES string of the molecule is CCOC(=O)C(NC(=O)c1cc(C(=O)N[C@H](CC)c2ccccc2)c2n1CCOC2)c1ccccc1. The van der Waals surface area contributed by atoms with Crippen molar-refractivity contribution in [3.05, 3.63) is 94.8 Å². The van der Waals surface area contributed by atoms with Gasteiger partial charge >= 0.3 is 5.97 Å². The van der Waals surface area contributed by atoms with Crippen LogP contribution in [0.1, 0.15) is 70.0 Å². The minimum atomic E-state index is -0.968. The number of nitrogens with one attached hydrogen (secondary N) is 2. The van der Waals surface area contributed by atoms with Crippen LogP contribution in [-0.2, 0) is 27.4 Å². The van der Waals surface area contributed by atoms with Crippen molar-refractivity contribution in [2.75, 3.05) is 13.2 Å². The first-order valence-corrected chi connectivity index (χ1v) is 12.2. The molecule has 0 fully saturated rings. The smallest absolute Gasteiger partial charge is 0.333 e. The highest BCUT2D eigenvalue weighted by molar-refractivity contribution is 6.01. The maximum absolute atomic E-state index is 13.4. The van der Waals surface area contributed by atoms with E-state index in [9.17, 15) is 14.4 Å². The zero-order valence-electron chi connectivity index (χ0n) is 20.5. The highest BCUT2D eigenvalue weighted by Crippen LogP contribution is 2.24. The lowest BCUT2D eigenvalue weighted by Crippen LogP contribution is -2.36. The number of fused-ring (bicyclic) bond motifs is 1. The van der Waals surface area contributed by atoms with E-state index in [0.29, 0.717) is 42.1 Å². The van der Waals surface area contributed by atoms with Crippen LogP contribution in [0.5, 0.6) is 0 Å². The molecule has 2 amide bonds. The zero-order chi connectivity index (χ0) is 25.5. The minimum absolute atomic E-state index is 0.165. The highest BCUT2D eigenvalue weighted by Gasteiger charge is 2.30. The summed E-state index contributed by atoms with van der Waals surface area (Å²) in [6, 6.07) is 19.2. The lowest BCUT2D eigenvalue weighted by molar-refractivity contribution is -0.145. The minimum Gasteiger partial charge on any atom is -0.464 e. The standard InChI is InChI=1S/C28H31N3O5/c1-3-22(19-11-7-5-8-12-19)29-26(32)21-17-23(31-15-16-35-18-24(21)31)27(33)30-25(28(34)36-4-2)20-13-9-6-10-14-20/h5-14,17,22,25H,3-4,15-16,18H2,1-2H3,(H,29,32)(H,30,33)/t22-,25?/m1/s1. The Morgan fingerprint density at radius 3 is 2.25 bits per heavy atom. The first-order chi connectivity index (χ1) is 17.5. The molecule has 2 atom stereocenters. The second-order valence-electron chi connectivity index (χ2n) is 8.51. The molecule has 8 nitrogen and oxygen atoms in total. The Morgan fingerprint density at radius 2 is 1.61 bits per heavy atom. The molecule has 0 saturated heterocycles. The summed E-state index contributed by atoms with van der Waals surface area (Å²) in [5, 5.41) is 5.90. The third-order valence-electron chi connectivity index (χ3n) is 6.23. The van der Waals surface area contributed by atoms with Crippen molar-refractivity contribution in [3.63, 3.8) is 0 Å². The van der Waals surface area contributed by atoms with Crippen LogP contribution in [-0.4, -0.2) is 35.6 Å². The predicted octanol–water partition coefficient (Wildman–Crippen LogP) is 3.93. The largest absolute Gasteiger partial charge is 0.464 e. The van der Waals surface area contributed by atoms with Gasteiger partial charge in [0, 0.05) is 6.54 Å². The lowest BCUT2D eigenvalue weighted by atomic mass is 10.0. The van der Waals surface area contributed by atoms with E-state index >= 15 is 0 Å². The van der Waals surface area contributed by atoms with Crippen LogP contribution < -0.4 is 10.6 Å². The van der Waals surface area contributed by atoms with Gasteiger partial charge in [0.1, 0.15) is 5.69 Å². The van der Waals surface area contributed by atoms with E-state index in [1.807, 2.05) is 43.3 Å². The molecule has 2 heterocycles. The first-order valence-electron chi connectivity index (χ1n) is 12.2. The Balaban J connectivity index is 1.61. The van der Waals surface area contributed by atoms with Gasteiger partial charge < -0.3 is 24.7 Å². The topological polar surface area (TPSA) is 98.7 Å². The van der Waals surface area contributed by atoms with Gasteiger partial charge in [0.15, 0.2) is 6.04 Å². The van der Waals surface area contributed by atoms with Crippen molar-refractivity contribution in [2.24, 2.45) is 0 Å². The van der Waals surface area contributed by atoms with Gasteiger partial charge in [-0.25, -0.2) is 4.79 Å². The first kappa shape index (κ1) is 25.2. The molecule has 0 saturated carbocycles. The molecule has 1 unspecified atom stereocenters. The Bertz CT molecular complexity index is 1210. The fraction of sp³-hybridized carbons (Fsp3) is 0.321. The van der Waals surface area contributed by atoms with E-state index in [4.69, 9.17) is 9.47 Å². The Hall–Kier alpha value is -3.91. The summed E-state index contributed by atoms with van der Waals surface area (Å²) in [5.74, 6) is -1.28. The van der Waals surface area contributed by atoms with Crippen LogP contribution in [0.15, 0.2) is 66.7 Å². The molecule has 188 valence electrons. The van der Waals surface area contributed by atoms with Crippen LogP contribution in [0.3, 0.4) is 0 Å². The average Bonchev–Trinajstić information content (AvgIpc) is 3.31. The number of carbonyl (C=O) groups excluding carboxylic acids is 3. The summed E-state index contributed by atoms with van der Waals surface area (Å²) in [7, 11) is 0. The molecule has 1 aliphatic rings. The zero-order valence-corrected chi connectivity index (χ0v) is 20.5. The van der Waals surface area contributed by atoms with Crippen molar-refractivity contribution >= 4 is 17.8 Å². The quantitative estimate of drug-likeness (QED) is 0.444. The summed E-state index contributed by atoms with van der Waals surface area (Å²) in [4.78, 5) is 39.5.